The molecule has 0 saturated carbocycles. The standard InChI is InChI=1S/C13H19N3O4S/c1-3-20-12(17)11-7-15-13(16-9(11)2)14-6-10-4-5-21(18,19)8-10/h7,10H,3-6,8H2,1-2H3,(H,14,15,16). The number of carbonyl (C=O) groups is 1. The maximum atomic E-state index is 11.6. The maximum absolute atomic E-state index is 11.6. The van der Waals surface area contributed by atoms with Crippen LogP contribution < -0.4 is 5.32 Å². The largest absolute Gasteiger partial charge is 0.462 e. The summed E-state index contributed by atoms with van der Waals surface area (Å²) in [6, 6.07) is 0. The van der Waals surface area contributed by atoms with E-state index in [-0.39, 0.29) is 17.4 Å². The van der Waals surface area contributed by atoms with E-state index >= 15 is 0 Å². The lowest BCUT2D eigenvalue weighted by Gasteiger charge is -2.11. The lowest BCUT2D eigenvalue weighted by molar-refractivity contribution is 0.0524. The Kier molecular flexibility index (Phi) is 4.76. The predicted molar refractivity (Wildman–Crippen MR) is 78.0 cm³/mol. The molecule has 0 bridgehead atoms. The van der Waals surface area contributed by atoms with Gasteiger partial charge in [-0.3, -0.25) is 0 Å². The van der Waals surface area contributed by atoms with Crippen LogP contribution in [0.1, 0.15) is 29.4 Å². The highest BCUT2D eigenvalue weighted by Crippen LogP contribution is 2.18. The molecule has 1 aromatic heterocycles. The van der Waals surface area contributed by atoms with E-state index in [0.717, 1.165) is 0 Å². The second kappa shape index (κ2) is 6.38. The molecule has 0 aliphatic carbocycles. The molecule has 1 N–H and O–H groups in total. The van der Waals surface area contributed by atoms with Crippen molar-refractivity contribution < 1.29 is 17.9 Å². The summed E-state index contributed by atoms with van der Waals surface area (Å²) in [4.78, 5) is 19.9. The predicted octanol–water partition coefficient (Wildman–Crippen LogP) is 0.808. The third kappa shape index (κ3) is 4.13. The number of nitrogens with one attached hydrogen (secondary N) is 1. The number of esters is 1. The molecule has 1 atom stereocenters. The molecular formula is C13H19N3O4S. The van der Waals surface area contributed by atoms with E-state index in [9.17, 15) is 13.2 Å². The monoisotopic (exact) mass is 313 g/mol. The fraction of sp³-hybridized carbons (Fsp3) is 0.615. The van der Waals surface area contributed by atoms with Gasteiger partial charge in [0.1, 0.15) is 0 Å². The first-order valence-corrected chi connectivity index (χ1v) is 8.68. The molecule has 0 radical (unpaired) electrons. The van der Waals surface area contributed by atoms with Crippen LogP contribution >= 0.6 is 0 Å². The summed E-state index contributed by atoms with van der Waals surface area (Å²) in [7, 11) is -2.87. The zero-order valence-electron chi connectivity index (χ0n) is 12.1. The second-order valence-electron chi connectivity index (χ2n) is 5.06. The van der Waals surface area contributed by atoms with Gasteiger partial charge in [0.15, 0.2) is 9.84 Å². The van der Waals surface area contributed by atoms with E-state index in [2.05, 4.69) is 15.3 Å². The Labute approximate surface area is 124 Å². The highest BCUT2D eigenvalue weighted by Gasteiger charge is 2.27. The van der Waals surface area contributed by atoms with E-state index in [1.54, 1.807) is 13.8 Å². The van der Waals surface area contributed by atoms with Crippen molar-refractivity contribution in [2.45, 2.75) is 20.3 Å². The van der Waals surface area contributed by atoms with Gasteiger partial charge in [0.25, 0.3) is 0 Å². The van der Waals surface area contributed by atoms with Crippen LogP contribution in [0.2, 0.25) is 0 Å². The van der Waals surface area contributed by atoms with Crippen molar-refractivity contribution >= 4 is 21.8 Å². The summed E-state index contributed by atoms with van der Waals surface area (Å²) in [5.41, 5.74) is 0.871. The van der Waals surface area contributed by atoms with Gasteiger partial charge < -0.3 is 10.1 Å². The molecular weight excluding hydrogens is 294 g/mol. The second-order valence-corrected chi connectivity index (χ2v) is 7.29. The average Bonchev–Trinajstić information content (AvgIpc) is 2.76. The minimum Gasteiger partial charge on any atom is -0.462 e. The zero-order valence-corrected chi connectivity index (χ0v) is 12.9. The molecule has 0 aromatic carbocycles. The van der Waals surface area contributed by atoms with Gasteiger partial charge in [-0.1, -0.05) is 0 Å². The Bertz CT molecular complexity index is 630. The van der Waals surface area contributed by atoms with E-state index in [4.69, 9.17) is 4.74 Å². The van der Waals surface area contributed by atoms with Crippen LogP contribution in [0.25, 0.3) is 0 Å². The molecule has 1 unspecified atom stereocenters. The van der Waals surface area contributed by atoms with E-state index in [1.165, 1.54) is 6.20 Å². The summed E-state index contributed by atoms with van der Waals surface area (Å²) >= 11 is 0. The van der Waals surface area contributed by atoms with E-state index in [1.807, 2.05) is 0 Å². The normalized spacial score (nSPS) is 20.2. The molecule has 7 nitrogen and oxygen atoms in total. The average molecular weight is 313 g/mol. The molecule has 0 amide bonds. The number of rotatable bonds is 5. The zero-order chi connectivity index (χ0) is 15.5. The molecule has 1 aromatic rings. The number of anilines is 1. The molecule has 0 spiro atoms. The number of nitrogens with zero attached hydrogens (tertiary/aromatic N) is 2. The van der Waals surface area contributed by atoms with Gasteiger partial charge in [0, 0.05) is 12.7 Å². The van der Waals surface area contributed by atoms with Gasteiger partial charge in [-0.05, 0) is 26.2 Å². The van der Waals surface area contributed by atoms with Crippen LogP contribution in [0.3, 0.4) is 0 Å². The smallest absolute Gasteiger partial charge is 0.341 e. The third-order valence-electron chi connectivity index (χ3n) is 3.35. The summed E-state index contributed by atoms with van der Waals surface area (Å²) in [6.45, 7) is 4.25. The van der Waals surface area contributed by atoms with E-state index < -0.39 is 15.8 Å². The van der Waals surface area contributed by atoms with E-state index in [0.29, 0.717) is 36.8 Å². The first-order chi connectivity index (χ1) is 9.91. The first kappa shape index (κ1) is 15.7. The minimum atomic E-state index is -2.87. The lowest BCUT2D eigenvalue weighted by atomic mass is 10.1. The number of ether oxygens (including phenoxy) is 1. The van der Waals surface area contributed by atoms with Crippen molar-refractivity contribution in [2.75, 3.05) is 30.0 Å². The van der Waals surface area contributed by atoms with Crippen molar-refractivity contribution in [1.82, 2.24) is 9.97 Å². The Balaban J connectivity index is 1.96. The number of hydrogen-bond donors (Lipinski definition) is 1. The maximum Gasteiger partial charge on any atom is 0.341 e. The molecule has 1 saturated heterocycles. The number of sulfone groups is 1. The molecule has 116 valence electrons. The van der Waals surface area contributed by atoms with Crippen LogP contribution in [0.15, 0.2) is 6.20 Å². The van der Waals surface area contributed by atoms with Crippen LogP contribution in [-0.4, -0.2) is 49.0 Å². The van der Waals surface area contributed by atoms with Crippen molar-refractivity contribution in [3.05, 3.63) is 17.5 Å². The summed E-state index contributed by atoms with van der Waals surface area (Å²) in [5.74, 6) is 0.498. The highest BCUT2D eigenvalue weighted by molar-refractivity contribution is 7.91. The molecule has 8 heteroatoms. The summed E-state index contributed by atoms with van der Waals surface area (Å²) in [6.07, 6.45) is 2.09. The molecule has 1 fully saturated rings. The van der Waals surface area contributed by atoms with Crippen LogP contribution in [-0.2, 0) is 14.6 Å². The molecule has 2 heterocycles. The SMILES string of the molecule is CCOC(=O)c1cnc(NCC2CCS(=O)(=O)C2)nc1C. The number of aromatic nitrogens is 2. The molecule has 2 rings (SSSR count). The van der Waals surface area contributed by atoms with Crippen molar-refractivity contribution in [3.8, 4) is 0 Å². The van der Waals surface area contributed by atoms with Gasteiger partial charge in [0.2, 0.25) is 5.95 Å². The minimum absolute atomic E-state index is 0.0867. The summed E-state index contributed by atoms with van der Waals surface area (Å²) < 4.78 is 27.7. The van der Waals surface area contributed by atoms with Crippen molar-refractivity contribution in [3.63, 3.8) is 0 Å². The Morgan fingerprint density at radius 2 is 2.29 bits per heavy atom. The quantitative estimate of drug-likeness (QED) is 0.803. The highest BCUT2D eigenvalue weighted by atomic mass is 32.2. The Morgan fingerprint density at radius 3 is 2.86 bits per heavy atom. The molecule has 1 aliphatic rings. The first-order valence-electron chi connectivity index (χ1n) is 6.86. The fourth-order valence-electron chi connectivity index (χ4n) is 2.23. The fourth-order valence-corrected chi connectivity index (χ4v) is 4.09. The van der Waals surface area contributed by atoms with Gasteiger partial charge in [-0.25, -0.2) is 23.2 Å². The van der Waals surface area contributed by atoms with Crippen molar-refractivity contribution in [2.24, 2.45) is 5.92 Å². The number of aryl methyl sites for hydroxylation is 1. The number of carbonyl (C=O) groups excluding carboxylic acids is 1. The Morgan fingerprint density at radius 1 is 1.52 bits per heavy atom. The molecule has 1 aliphatic heterocycles. The van der Waals surface area contributed by atoms with Crippen LogP contribution in [0, 0.1) is 12.8 Å². The lowest BCUT2D eigenvalue weighted by Crippen LogP contribution is -2.18. The topological polar surface area (TPSA) is 98.2 Å². The van der Waals surface area contributed by atoms with Crippen LogP contribution in [0.5, 0.6) is 0 Å². The van der Waals surface area contributed by atoms with Crippen molar-refractivity contribution in [1.29, 1.82) is 0 Å². The molecule has 21 heavy (non-hydrogen) atoms. The van der Waals surface area contributed by atoms with Gasteiger partial charge in [-0.2, -0.15) is 0 Å². The summed E-state index contributed by atoms with van der Waals surface area (Å²) in [5, 5.41) is 3.02. The number of hydrogen-bond acceptors (Lipinski definition) is 7. The van der Waals surface area contributed by atoms with Gasteiger partial charge >= 0.3 is 5.97 Å². The van der Waals surface area contributed by atoms with Gasteiger partial charge in [0.05, 0.1) is 29.4 Å². The van der Waals surface area contributed by atoms with Crippen LogP contribution in [0.4, 0.5) is 5.95 Å². The van der Waals surface area contributed by atoms with Gasteiger partial charge in [-0.15, -0.1) is 0 Å². The third-order valence-corrected chi connectivity index (χ3v) is 5.19. The Hall–Kier alpha value is -1.70.